The predicted octanol–water partition coefficient (Wildman–Crippen LogP) is 4.60. The van der Waals surface area contributed by atoms with Gasteiger partial charge < -0.3 is 14.4 Å². The molecule has 1 amide bonds. The van der Waals surface area contributed by atoms with Crippen LogP contribution in [0.2, 0.25) is 10.0 Å². The van der Waals surface area contributed by atoms with Crippen LogP contribution in [0.5, 0.6) is 0 Å². The number of nitrogens with zero attached hydrogens (tertiary/aromatic N) is 3. The summed E-state index contributed by atoms with van der Waals surface area (Å²) in [6.45, 7) is 0.713. The summed E-state index contributed by atoms with van der Waals surface area (Å²) in [5, 5.41) is 5.36. The first kappa shape index (κ1) is 20.5. The van der Waals surface area contributed by atoms with Crippen molar-refractivity contribution in [2.75, 3.05) is 6.54 Å². The summed E-state index contributed by atoms with van der Waals surface area (Å²) >= 11 is 11.9. The molecule has 160 valence electrons. The number of carbonyl (C=O) groups is 1. The fourth-order valence-electron chi connectivity index (χ4n) is 3.69. The molecule has 0 unspecified atom stereocenters. The fraction of sp³-hybridized carbons (Fsp3) is 0.130. The zero-order valence-corrected chi connectivity index (χ0v) is 18.2. The first-order valence-electron chi connectivity index (χ1n) is 9.87. The molecule has 32 heavy (non-hydrogen) atoms. The zero-order valence-electron chi connectivity index (χ0n) is 16.6. The van der Waals surface area contributed by atoms with Gasteiger partial charge in [0, 0.05) is 45.9 Å². The van der Waals surface area contributed by atoms with E-state index in [4.69, 9.17) is 27.7 Å². The van der Waals surface area contributed by atoms with Crippen molar-refractivity contribution in [3.05, 3.63) is 91.9 Å². The highest BCUT2D eigenvalue weighted by molar-refractivity contribution is 6.30. The second kappa shape index (κ2) is 8.26. The second-order valence-electron chi connectivity index (χ2n) is 7.40. The van der Waals surface area contributed by atoms with Crippen LogP contribution in [-0.4, -0.2) is 32.5 Å². The van der Waals surface area contributed by atoms with Crippen LogP contribution in [0.1, 0.15) is 21.6 Å². The molecule has 2 aromatic carbocycles. The Morgan fingerprint density at radius 3 is 2.31 bits per heavy atom. The first-order chi connectivity index (χ1) is 15.5. The van der Waals surface area contributed by atoms with Crippen LogP contribution in [0.15, 0.2) is 64.0 Å². The Bertz CT molecular complexity index is 1360. The van der Waals surface area contributed by atoms with Gasteiger partial charge in [-0.3, -0.25) is 9.59 Å². The number of halogens is 2. The summed E-state index contributed by atoms with van der Waals surface area (Å²) in [6.07, 6.45) is 1.85. The van der Waals surface area contributed by atoms with Crippen molar-refractivity contribution in [3.63, 3.8) is 0 Å². The van der Waals surface area contributed by atoms with Gasteiger partial charge in [0.15, 0.2) is 5.76 Å². The lowest BCUT2D eigenvalue weighted by Gasteiger charge is -2.26. The van der Waals surface area contributed by atoms with Crippen molar-refractivity contribution in [1.82, 2.24) is 20.0 Å². The molecule has 0 saturated heterocycles. The van der Waals surface area contributed by atoms with Gasteiger partial charge in [0.05, 0.1) is 12.2 Å². The molecule has 1 aliphatic heterocycles. The number of H-pyrrole nitrogens is 1. The van der Waals surface area contributed by atoms with E-state index in [-0.39, 0.29) is 12.1 Å². The van der Waals surface area contributed by atoms with Gasteiger partial charge in [0.25, 0.3) is 11.5 Å². The maximum atomic E-state index is 13.1. The third-order valence-corrected chi connectivity index (χ3v) is 5.88. The number of rotatable bonds is 3. The monoisotopic (exact) mass is 466 g/mol. The molecule has 0 radical (unpaired) electrons. The molecule has 4 aromatic rings. The minimum atomic E-state index is -0.496. The van der Waals surface area contributed by atoms with E-state index in [0.29, 0.717) is 40.2 Å². The van der Waals surface area contributed by atoms with Gasteiger partial charge in [-0.1, -0.05) is 28.4 Å². The summed E-state index contributed by atoms with van der Waals surface area (Å²) < 4.78 is 5.55. The van der Waals surface area contributed by atoms with E-state index >= 15 is 0 Å². The van der Waals surface area contributed by atoms with Gasteiger partial charge in [-0.05, 0) is 48.5 Å². The number of hydrogen-bond donors (Lipinski definition) is 1. The Hall–Kier alpha value is -3.42. The summed E-state index contributed by atoms with van der Waals surface area (Å²) in [5.41, 5.74) is 2.65. The summed E-state index contributed by atoms with van der Waals surface area (Å²) in [7, 11) is 0. The van der Waals surface area contributed by atoms with Crippen LogP contribution >= 0.6 is 23.2 Å². The quantitative estimate of drug-likeness (QED) is 0.476. The van der Waals surface area contributed by atoms with Gasteiger partial charge in [-0.2, -0.15) is 0 Å². The van der Waals surface area contributed by atoms with E-state index in [1.807, 2.05) is 12.1 Å². The van der Waals surface area contributed by atoms with Gasteiger partial charge >= 0.3 is 0 Å². The van der Waals surface area contributed by atoms with Crippen LogP contribution in [0, 0.1) is 0 Å². The number of aromatic amines is 1. The van der Waals surface area contributed by atoms with Gasteiger partial charge in [0.1, 0.15) is 11.4 Å². The molecule has 5 rings (SSSR count). The fourth-order valence-corrected chi connectivity index (χ4v) is 3.94. The lowest BCUT2D eigenvalue weighted by molar-refractivity contribution is 0.0732. The SMILES string of the molecule is O=C(c1cnc(-c2ccc(Cl)cc2)[nH]c1=O)N1CCc2noc(-c3ccc(Cl)cc3)c2C1. The Kier molecular flexibility index (Phi) is 5.28. The molecule has 0 fully saturated rings. The largest absolute Gasteiger partial charge is 0.356 e. The van der Waals surface area contributed by atoms with Crippen LogP contribution in [0.4, 0.5) is 0 Å². The molecule has 0 saturated carbocycles. The van der Waals surface area contributed by atoms with Crippen molar-refractivity contribution < 1.29 is 9.32 Å². The third kappa shape index (κ3) is 3.81. The number of hydrogen-bond acceptors (Lipinski definition) is 5. The van der Waals surface area contributed by atoms with Crippen LogP contribution in [0.25, 0.3) is 22.7 Å². The summed E-state index contributed by atoms with van der Waals surface area (Å²) in [4.78, 5) is 34.4. The molecular formula is C23H16Cl2N4O3. The zero-order chi connectivity index (χ0) is 22.2. The Balaban J connectivity index is 1.41. The van der Waals surface area contributed by atoms with Crippen LogP contribution in [0.3, 0.4) is 0 Å². The maximum absolute atomic E-state index is 13.1. The van der Waals surface area contributed by atoms with Crippen molar-refractivity contribution in [1.29, 1.82) is 0 Å². The van der Waals surface area contributed by atoms with Crippen molar-refractivity contribution >= 4 is 29.1 Å². The molecule has 9 heteroatoms. The molecule has 0 bridgehead atoms. The third-order valence-electron chi connectivity index (χ3n) is 5.38. The topological polar surface area (TPSA) is 92.1 Å². The number of amides is 1. The molecule has 0 aliphatic carbocycles. The number of benzene rings is 2. The van der Waals surface area contributed by atoms with Crippen molar-refractivity contribution in [2.24, 2.45) is 0 Å². The van der Waals surface area contributed by atoms with Gasteiger partial charge in [-0.25, -0.2) is 4.98 Å². The molecule has 0 atom stereocenters. The van der Waals surface area contributed by atoms with Crippen LogP contribution < -0.4 is 5.56 Å². The van der Waals surface area contributed by atoms with Crippen LogP contribution in [-0.2, 0) is 13.0 Å². The number of carbonyl (C=O) groups excluding carboxylic acids is 1. The Morgan fingerprint density at radius 2 is 1.66 bits per heavy atom. The standard InChI is InChI=1S/C23H16Cl2N4O3/c24-15-5-1-13(2-6-15)20-18-12-29(10-9-19(18)28-32-20)23(31)17-11-26-21(27-22(17)30)14-3-7-16(25)8-4-14/h1-8,11H,9-10,12H2,(H,26,27,30). The van der Waals surface area contributed by atoms with Gasteiger partial charge in [0.2, 0.25) is 0 Å². The second-order valence-corrected chi connectivity index (χ2v) is 8.27. The average Bonchev–Trinajstić information content (AvgIpc) is 3.23. The average molecular weight is 467 g/mol. The predicted molar refractivity (Wildman–Crippen MR) is 121 cm³/mol. The molecular weight excluding hydrogens is 451 g/mol. The van der Waals surface area contributed by atoms with Crippen molar-refractivity contribution in [2.45, 2.75) is 13.0 Å². The van der Waals surface area contributed by atoms with Crippen molar-refractivity contribution in [3.8, 4) is 22.7 Å². The lowest BCUT2D eigenvalue weighted by atomic mass is 10.0. The highest BCUT2D eigenvalue weighted by atomic mass is 35.5. The van der Waals surface area contributed by atoms with E-state index < -0.39 is 11.5 Å². The number of nitrogens with one attached hydrogen (secondary N) is 1. The van der Waals surface area contributed by atoms with E-state index in [2.05, 4.69) is 15.1 Å². The highest BCUT2D eigenvalue weighted by Crippen LogP contribution is 2.31. The Labute approximate surface area is 192 Å². The molecule has 7 nitrogen and oxygen atoms in total. The minimum absolute atomic E-state index is 0.0179. The van der Waals surface area contributed by atoms with E-state index in [0.717, 1.165) is 16.8 Å². The smallest absolute Gasteiger partial charge is 0.264 e. The summed E-state index contributed by atoms with van der Waals surface area (Å²) in [5.74, 6) is 0.572. The summed E-state index contributed by atoms with van der Waals surface area (Å²) in [6, 6.07) is 14.1. The maximum Gasteiger partial charge on any atom is 0.264 e. The molecule has 2 aromatic heterocycles. The first-order valence-corrected chi connectivity index (χ1v) is 10.6. The van der Waals surface area contributed by atoms with E-state index in [9.17, 15) is 9.59 Å². The Morgan fingerprint density at radius 1 is 1.00 bits per heavy atom. The number of fused-ring (bicyclic) bond motifs is 1. The molecule has 3 heterocycles. The van der Waals surface area contributed by atoms with E-state index in [1.54, 1.807) is 41.3 Å². The number of aromatic nitrogens is 3. The molecule has 0 spiro atoms. The molecule has 1 N–H and O–H groups in total. The minimum Gasteiger partial charge on any atom is -0.356 e. The molecule has 1 aliphatic rings. The van der Waals surface area contributed by atoms with E-state index in [1.165, 1.54) is 6.20 Å². The normalized spacial score (nSPS) is 13.1. The highest BCUT2D eigenvalue weighted by Gasteiger charge is 2.29. The van der Waals surface area contributed by atoms with Gasteiger partial charge in [-0.15, -0.1) is 0 Å². The lowest BCUT2D eigenvalue weighted by Crippen LogP contribution is -2.38.